The third kappa shape index (κ3) is 2.70. The summed E-state index contributed by atoms with van der Waals surface area (Å²) in [6, 6.07) is 10.9. The van der Waals surface area contributed by atoms with Gasteiger partial charge >= 0.3 is 0 Å². The molecule has 0 spiro atoms. The predicted octanol–water partition coefficient (Wildman–Crippen LogP) is 3.00. The van der Waals surface area contributed by atoms with E-state index in [2.05, 4.69) is 15.4 Å². The van der Waals surface area contributed by atoms with Crippen molar-refractivity contribution in [1.29, 1.82) is 0 Å². The number of ether oxygens (including phenoxy) is 1. The molecule has 0 fully saturated rings. The first-order valence-electron chi connectivity index (χ1n) is 7.31. The first-order valence-corrected chi connectivity index (χ1v) is 7.31. The number of nitrogen functional groups attached to an aromatic ring is 1. The highest BCUT2D eigenvalue weighted by Crippen LogP contribution is 2.38. The van der Waals surface area contributed by atoms with E-state index in [1.165, 1.54) is 0 Å². The Morgan fingerprint density at radius 1 is 1.22 bits per heavy atom. The van der Waals surface area contributed by atoms with E-state index in [9.17, 15) is 5.11 Å². The van der Waals surface area contributed by atoms with Crippen molar-refractivity contribution in [2.45, 2.75) is 13.3 Å². The molecule has 4 N–H and O–H groups in total. The number of methoxy groups -OCH3 is 1. The van der Waals surface area contributed by atoms with Crippen LogP contribution in [0.2, 0.25) is 0 Å². The van der Waals surface area contributed by atoms with Crippen molar-refractivity contribution in [2.24, 2.45) is 0 Å². The van der Waals surface area contributed by atoms with Gasteiger partial charge in [0, 0.05) is 22.9 Å². The number of aromatic amines is 1. The summed E-state index contributed by atoms with van der Waals surface area (Å²) in [5.41, 5.74) is 10.2. The van der Waals surface area contributed by atoms with Gasteiger partial charge in [0.1, 0.15) is 17.2 Å². The molecule has 0 bridgehead atoms. The lowest BCUT2D eigenvalue weighted by Gasteiger charge is -2.11. The van der Waals surface area contributed by atoms with E-state index in [4.69, 9.17) is 10.5 Å². The quantitative estimate of drug-likeness (QED) is 0.644. The summed E-state index contributed by atoms with van der Waals surface area (Å²) in [5, 5.41) is 21.3. The first-order chi connectivity index (χ1) is 11.1. The van der Waals surface area contributed by atoms with Crippen LogP contribution in [0.4, 0.5) is 5.69 Å². The van der Waals surface area contributed by atoms with Gasteiger partial charge in [0.25, 0.3) is 0 Å². The van der Waals surface area contributed by atoms with Gasteiger partial charge in [-0.15, -0.1) is 5.10 Å². The molecule has 0 saturated carbocycles. The fraction of sp³-hybridized carbons (Fsp3) is 0.176. The fourth-order valence-corrected chi connectivity index (χ4v) is 2.54. The van der Waals surface area contributed by atoms with E-state index in [-0.39, 0.29) is 5.75 Å². The van der Waals surface area contributed by atoms with Crippen LogP contribution in [0.3, 0.4) is 0 Å². The minimum Gasteiger partial charge on any atom is -0.507 e. The summed E-state index contributed by atoms with van der Waals surface area (Å²) >= 11 is 0. The van der Waals surface area contributed by atoms with E-state index >= 15 is 0 Å². The molecule has 0 unspecified atom stereocenters. The van der Waals surface area contributed by atoms with Gasteiger partial charge in [-0.25, -0.2) is 0 Å². The molecule has 6 nitrogen and oxygen atoms in total. The molecular formula is C17H18N4O2. The molecule has 3 rings (SSSR count). The molecular weight excluding hydrogens is 292 g/mol. The van der Waals surface area contributed by atoms with Crippen molar-refractivity contribution >= 4 is 5.69 Å². The Morgan fingerprint density at radius 3 is 2.61 bits per heavy atom. The molecule has 2 aromatic carbocycles. The monoisotopic (exact) mass is 310 g/mol. The lowest BCUT2D eigenvalue weighted by molar-refractivity contribution is 0.403. The van der Waals surface area contributed by atoms with Crippen molar-refractivity contribution in [1.82, 2.24) is 15.4 Å². The van der Waals surface area contributed by atoms with Gasteiger partial charge in [-0.2, -0.15) is 0 Å². The van der Waals surface area contributed by atoms with Gasteiger partial charge in [-0.05, 0) is 30.2 Å². The molecule has 0 amide bonds. The summed E-state index contributed by atoms with van der Waals surface area (Å²) < 4.78 is 5.30. The zero-order valence-electron chi connectivity index (χ0n) is 13.0. The fourth-order valence-electron chi connectivity index (χ4n) is 2.54. The summed E-state index contributed by atoms with van der Waals surface area (Å²) in [6.07, 6.45) is 0.783. The molecule has 0 aliphatic rings. The molecule has 118 valence electrons. The summed E-state index contributed by atoms with van der Waals surface area (Å²) in [6.45, 7) is 2.03. The molecule has 0 aliphatic heterocycles. The van der Waals surface area contributed by atoms with E-state index in [1.54, 1.807) is 13.2 Å². The average Bonchev–Trinajstić information content (AvgIpc) is 3.04. The highest BCUT2D eigenvalue weighted by Gasteiger charge is 2.17. The highest BCUT2D eigenvalue weighted by molar-refractivity contribution is 5.82. The Hall–Kier alpha value is -3.02. The Bertz CT molecular complexity index is 825. The van der Waals surface area contributed by atoms with Crippen LogP contribution in [0, 0.1) is 0 Å². The number of nitrogens with one attached hydrogen (secondary N) is 1. The van der Waals surface area contributed by atoms with E-state index < -0.39 is 0 Å². The number of phenols is 1. The Labute approximate surface area is 133 Å². The van der Waals surface area contributed by atoms with Crippen LogP contribution in [0.25, 0.3) is 22.5 Å². The topological polar surface area (TPSA) is 97.1 Å². The second-order valence-electron chi connectivity index (χ2n) is 5.19. The maximum absolute atomic E-state index is 10.3. The Balaban J connectivity index is 2.13. The number of H-pyrrole nitrogens is 1. The van der Waals surface area contributed by atoms with Crippen molar-refractivity contribution in [3.8, 4) is 34.0 Å². The maximum Gasteiger partial charge on any atom is 0.128 e. The van der Waals surface area contributed by atoms with E-state index in [1.807, 2.05) is 37.3 Å². The van der Waals surface area contributed by atoms with Crippen LogP contribution < -0.4 is 10.5 Å². The van der Waals surface area contributed by atoms with Gasteiger partial charge in [-0.1, -0.05) is 24.3 Å². The minimum absolute atomic E-state index is 0.102. The molecule has 3 aromatic rings. The van der Waals surface area contributed by atoms with Crippen molar-refractivity contribution in [3.05, 3.63) is 42.0 Å². The van der Waals surface area contributed by atoms with Crippen molar-refractivity contribution in [2.75, 3.05) is 12.8 Å². The number of aromatic hydroxyl groups is 1. The first kappa shape index (κ1) is 14.9. The molecule has 0 radical (unpaired) electrons. The Morgan fingerprint density at radius 2 is 1.96 bits per heavy atom. The Kier molecular flexibility index (Phi) is 3.89. The normalized spacial score (nSPS) is 10.7. The zero-order chi connectivity index (χ0) is 16.4. The summed E-state index contributed by atoms with van der Waals surface area (Å²) in [5.74, 6) is 0.760. The van der Waals surface area contributed by atoms with Crippen molar-refractivity contribution < 1.29 is 9.84 Å². The smallest absolute Gasteiger partial charge is 0.128 e. The SMILES string of the molecule is CCc1cc(-c2nn[nH]c2-c2ccc(N)cc2)c(O)cc1OC. The molecule has 0 saturated heterocycles. The second-order valence-corrected chi connectivity index (χ2v) is 5.19. The molecule has 1 heterocycles. The lowest BCUT2D eigenvalue weighted by atomic mass is 10.0. The number of aryl methyl sites for hydroxylation is 1. The van der Waals surface area contributed by atoms with Crippen LogP contribution >= 0.6 is 0 Å². The molecule has 0 atom stereocenters. The lowest BCUT2D eigenvalue weighted by Crippen LogP contribution is -1.93. The number of nitrogens with zero attached hydrogens (tertiary/aromatic N) is 2. The molecule has 0 aliphatic carbocycles. The molecule has 6 heteroatoms. The number of anilines is 1. The predicted molar refractivity (Wildman–Crippen MR) is 89.3 cm³/mol. The van der Waals surface area contributed by atoms with Gasteiger partial charge in [0.2, 0.25) is 0 Å². The van der Waals surface area contributed by atoms with E-state index in [0.29, 0.717) is 22.7 Å². The number of benzene rings is 2. The number of aromatic nitrogens is 3. The third-order valence-corrected chi connectivity index (χ3v) is 3.78. The number of hydrogen-bond acceptors (Lipinski definition) is 5. The van der Waals surface area contributed by atoms with Crippen LogP contribution in [0.15, 0.2) is 36.4 Å². The standard InChI is InChI=1S/C17H18N4O2/c1-3-10-8-13(14(22)9-15(10)23-2)17-16(19-21-20-17)11-4-6-12(18)7-5-11/h4-9,22H,3,18H2,1-2H3,(H,19,20,21). The van der Waals surface area contributed by atoms with Gasteiger partial charge in [0.05, 0.1) is 12.8 Å². The number of nitrogens with two attached hydrogens (primary N) is 1. The zero-order valence-corrected chi connectivity index (χ0v) is 13.0. The van der Waals surface area contributed by atoms with Crippen LogP contribution in [-0.2, 0) is 6.42 Å². The summed E-state index contributed by atoms with van der Waals surface area (Å²) in [7, 11) is 1.59. The third-order valence-electron chi connectivity index (χ3n) is 3.78. The molecule has 1 aromatic heterocycles. The van der Waals surface area contributed by atoms with Gasteiger partial charge in [-0.3, -0.25) is 5.10 Å². The largest absolute Gasteiger partial charge is 0.507 e. The number of hydrogen-bond donors (Lipinski definition) is 3. The van der Waals surface area contributed by atoms with E-state index in [0.717, 1.165) is 23.2 Å². The van der Waals surface area contributed by atoms with Gasteiger partial charge < -0.3 is 15.6 Å². The van der Waals surface area contributed by atoms with Crippen LogP contribution in [0.1, 0.15) is 12.5 Å². The van der Waals surface area contributed by atoms with Crippen LogP contribution in [-0.4, -0.2) is 27.6 Å². The number of rotatable bonds is 4. The van der Waals surface area contributed by atoms with Gasteiger partial charge in [0.15, 0.2) is 0 Å². The van der Waals surface area contributed by atoms with Crippen molar-refractivity contribution in [3.63, 3.8) is 0 Å². The summed E-state index contributed by atoms with van der Waals surface area (Å²) in [4.78, 5) is 0. The maximum atomic E-state index is 10.3. The average molecular weight is 310 g/mol. The highest BCUT2D eigenvalue weighted by atomic mass is 16.5. The molecule has 23 heavy (non-hydrogen) atoms. The number of phenolic OH excluding ortho intramolecular Hbond substituents is 1. The second kappa shape index (κ2) is 6.00. The minimum atomic E-state index is 0.102. The van der Waals surface area contributed by atoms with Crippen LogP contribution in [0.5, 0.6) is 11.5 Å².